The molecule has 0 N–H and O–H groups in total. The third-order valence-corrected chi connectivity index (χ3v) is 0. The Kier molecular flexibility index (Phi) is 16.0. The molecule has 0 bridgehead atoms. The Morgan fingerprint density at radius 1 is 1.10 bits per heavy atom. The number of rotatable bonds is 0. The average molecular weight is 430 g/mol. The molecular weight excluding hydrogens is 430 g/mol. The van der Waals surface area contributed by atoms with Crippen molar-refractivity contribution in [3.05, 3.63) is 15.3 Å². The predicted octanol–water partition coefficient (Wildman–Crippen LogP) is 2.14. The van der Waals surface area contributed by atoms with Crippen molar-refractivity contribution in [1.29, 1.82) is 0 Å². The molecule has 0 heterocycles. The van der Waals surface area contributed by atoms with Crippen LogP contribution < -0.4 is 0 Å². The fourth-order valence-electron chi connectivity index (χ4n) is 0. The Hall–Kier alpha value is 1.90. The van der Waals surface area contributed by atoms with Crippen LogP contribution in [0.4, 0.5) is 0 Å². The second kappa shape index (κ2) is 8.99. The van der Waals surface area contributed by atoms with Gasteiger partial charge in [0.25, 0.3) is 0 Å². The molecule has 0 spiro atoms. The quantitative estimate of drug-likeness (QED) is 0.336. The van der Waals surface area contributed by atoms with E-state index in [1.807, 2.05) is 0 Å². The Bertz CT molecular complexity index is 83.0. The molecule has 0 aliphatic carbocycles. The van der Waals surface area contributed by atoms with Crippen LogP contribution in [0.2, 0.25) is 0 Å². The van der Waals surface area contributed by atoms with Gasteiger partial charge in [0.1, 0.15) is 0 Å². The molecular formula is AgCl4NO3Sn. The Morgan fingerprint density at radius 2 is 1.10 bits per heavy atom. The summed E-state index contributed by atoms with van der Waals surface area (Å²) < 4.78 is 0. The summed E-state index contributed by atoms with van der Waals surface area (Å²) in [7, 11) is 20.1. The standard InChI is InChI=1S/Ag.4ClH.NO3.Sn/c;;;;;2-1(3)4;/h;4*1H;;/q+1;;;;;-1;+4/p-4. The zero-order valence-electron chi connectivity index (χ0n) is 3.99. The number of hydrogen-bond donors (Lipinski definition) is 0. The number of halogens is 4. The molecule has 0 atom stereocenters. The van der Waals surface area contributed by atoms with E-state index >= 15 is 0 Å². The van der Waals surface area contributed by atoms with Crippen LogP contribution >= 0.6 is 35.7 Å². The zero-order valence-corrected chi connectivity index (χ0v) is 11.3. The summed E-state index contributed by atoms with van der Waals surface area (Å²) in [6.45, 7) is 0. The van der Waals surface area contributed by atoms with Crippen molar-refractivity contribution in [2.75, 3.05) is 0 Å². The van der Waals surface area contributed by atoms with Gasteiger partial charge in [-0.3, -0.25) is 0 Å². The van der Waals surface area contributed by atoms with Crippen LogP contribution in [0.5, 0.6) is 0 Å². The normalized spacial score (nSPS) is 8.40. The molecule has 0 fully saturated rings. The molecule has 66 valence electrons. The van der Waals surface area contributed by atoms with Crippen molar-refractivity contribution in [3.63, 3.8) is 0 Å². The van der Waals surface area contributed by atoms with Gasteiger partial charge in [-0.15, -0.1) is 0 Å². The Morgan fingerprint density at radius 3 is 1.10 bits per heavy atom. The van der Waals surface area contributed by atoms with Gasteiger partial charge in [0.2, 0.25) is 0 Å². The Labute approximate surface area is 91.1 Å². The van der Waals surface area contributed by atoms with Crippen LogP contribution in [0.15, 0.2) is 0 Å². The first-order chi connectivity index (χ1) is 3.73. The van der Waals surface area contributed by atoms with Crippen LogP contribution in [0.25, 0.3) is 0 Å². The molecule has 0 aliphatic rings. The summed E-state index contributed by atoms with van der Waals surface area (Å²) in [4.78, 5) is 8.25. The van der Waals surface area contributed by atoms with Crippen LogP contribution in [-0.4, -0.2) is 19.0 Å². The van der Waals surface area contributed by atoms with Gasteiger partial charge in [-0.25, -0.2) is 0 Å². The van der Waals surface area contributed by atoms with Gasteiger partial charge < -0.3 is 15.3 Å². The molecule has 0 saturated carbocycles. The maximum absolute atomic E-state index is 8.25. The number of hydrogen-bond acceptors (Lipinski definition) is 3. The van der Waals surface area contributed by atoms with Crippen LogP contribution in [0.1, 0.15) is 0 Å². The van der Waals surface area contributed by atoms with Crippen molar-refractivity contribution >= 4 is 49.6 Å². The topological polar surface area (TPSA) is 66.2 Å². The second-order valence-electron chi connectivity index (χ2n) is 0.652. The molecule has 0 aromatic rings. The zero-order chi connectivity index (χ0) is 8.08. The first kappa shape index (κ1) is 17.8. The number of nitrogens with zero attached hydrogens (tertiary/aromatic N) is 1. The van der Waals surface area contributed by atoms with E-state index in [4.69, 9.17) is 51.0 Å². The first-order valence-corrected chi connectivity index (χ1v) is 15.8. The van der Waals surface area contributed by atoms with Gasteiger partial charge in [0.05, 0.1) is 5.09 Å². The van der Waals surface area contributed by atoms with E-state index in [0.717, 1.165) is 0 Å². The fraction of sp³-hybridized carbons (Fsp3) is 0. The summed E-state index contributed by atoms with van der Waals surface area (Å²) in [5, 5.41) is 14.8. The van der Waals surface area contributed by atoms with Crippen LogP contribution in [0, 0.1) is 15.3 Å². The molecule has 0 aliphatic heterocycles. The summed E-state index contributed by atoms with van der Waals surface area (Å²) in [6, 6.07) is 0. The minimum absolute atomic E-state index is 0. The third-order valence-electron chi connectivity index (χ3n) is 0. The van der Waals surface area contributed by atoms with Crippen LogP contribution in [-0.2, 0) is 22.4 Å². The van der Waals surface area contributed by atoms with Crippen molar-refractivity contribution < 1.29 is 27.5 Å². The fourth-order valence-corrected chi connectivity index (χ4v) is 0. The van der Waals surface area contributed by atoms with Gasteiger partial charge in [-0.05, 0) is 0 Å². The SMILES string of the molecule is O=[N+]([O-])[O-].[Ag+].[Cl][Sn]([Cl])([Cl])[Cl]. The molecule has 0 rings (SSSR count). The van der Waals surface area contributed by atoms with E-state index in [1.165, 1.54) is 0 Å². The van der Waals surface area contributed by atoms with Gasteiger partial charge >= 0.3 is 71.9 Å². The molecule has 4 nitrogen and oxygen atoms in total. The first-order valence-electron chi connectivity index (χ1n) is 1.30. The minimum atomic E-state index is -3.29. The predicted molar refractivity (Wildman–Crippen MR) is 39.5 cm³/mol. The van der Waals surface area contributed by atoms with E-state index in [-0.39, 0.29) is 22.4 Å². The molecule has 0 radical (unpaired) electrons. The van der Waals surface area contributed by atoms with Crippen molar-refractivity contribution in [3.8, 4) is 0 Å². The molecule has 0 saturated heterocycles. The van der Waals surface area contributed by atoms with E-state index in [2.05, 4.69) is 0 Å². The summed E-state index contributed by atoms with van der Waals surface area (Å²) in [6.07, 6.45) is 0. The molecule has 0 amide bonds. The van der Waals surface area contributed by atoms with Gasteiger partial charge in [0, 0.05) is 0 Å². The molecule has 10 heteroatoms. The van der Waals surface area contributed by atoms with Gasteiger partial charge in [-0.2, -0.15) is 0 Å². The van der Waals surface area contributed by atoms with E-state index in [0.29, 0.717) is 0 Å². The maximum atomic E-state index is 8.25. The third kappa shape index (κ3) is 217. The van der Waals surface area contributed by atoms with Crippen LogP contribution in [0.3, 0.4) is 0 Å². The van der Waals surface area contributed by atoms with E-state index in [1.54, 1.807) is 0 Å². The molecule has 0 unspecified atom stereocenters. The van der Waals surface area contributed by atoms with Crippen molar-refractivity contribution in [2.45, 2.75) is 0 Å². The van der Waals surface area contributed by atoms with Gasteiger partial charge in [0.15, 0.2) is 0 Å². The monoisotopic (exact) mass is 429 g/mol. The molecule has 0 aromatic carbocycles. The second-order valence-corrected chi connectivity index (χ2v) is 26.1. The Balaban J connectivity index is -0.0000000910. The summed E-state index contributed by atoms with van der Waals surface area (Å²) >= 11 is -3.29. The van der Waals surface area contributed by atoms with Crippen molar-refractivity contribution in [2.24, 2.45) is 0 Å². The molecule has 0 aromatic heterocycles. The summed E-state index contributed by atoms with van der Waals surface area (Å²) in [5.41, 5.74) is 0. The summed E-state index contributed by atoms with van der Waals surface area (Å²) in [5.74, 6) is 0. The van der Waals surface area contributed by atoms with E-state index in [9.17, 15) is 0 Å². The molecule has 10 heavy (non-hydrogen) atoms. The van der Waals surface area contributed by atoms with Crippen molar-refractivity contribution in [1.82, 2.24) is 0 Å². The van der Waals surface area contributed by atoms with Gasteiger partial charge in [-0.1, -0.05) is 0 Å². The van der Waals surface area contributed by atoms with E-state index < -0.39 is 19.0 Å². The average Bonchev–Trinajstić information content (AvgIpc) is 1.19.